The lowest BCUT2D eigenvalue weighted by atomic mass is 10.1. The van der Waals surface area contributed by atoms with Crippen molar-refractivity contribution in [1.82, 2.24) is 9.55 Å². The van der Waals surface area contributed by atoms with E-state index in [1.807, 2.05) is 19.1 Å². The first-order valence-electron chi connectivity index (χ1n) is 7.89. The summed E-state index contributed by atoms with van der Waals surface area (Å²) in [5.74, 6) is -0.235. The van der Waals surface area contributed by atoms with Crippen LogP contribution >= 0.6 is 0 Å². The van der Waals surface area contributed by atoms with Crippen molar-refractivity contribution in [2.75, 3.05) is 11.9 Å². The number of rotatable bonds is 4. The van der Waals surface area contributed by atoms with E-state index in [0.717, 1.165) is 5.56 Å². The van der Waals surface area contributed by atoms with Crippen LogP contribution in [0.15, 0.2) is 41.3 Å². The summed E-state index contributed by atoms with van der Waals surface area (Å²) >= 11 is 0. The highest BCUT2D eigenvalue weighted by molar-refractivity contribution is 6.03. The zero-order valence-corrected chi connectivity index (χ0v) is 13.6. The maximum Gasteiger partial charge on any atom is 0.351 e. The van der Waals surface area contributed by atoms with Gasteiger partial charge in [-0.15, -0.1) is 0 Å². The Hall–Kier alpha value is -2.55. The Morgan fingerprint density at radius 1 is 1.36 bits per heavy atom. The number of amides is 1. The van der Waals surface area contributed by atoms with Gasteiger partial charge in [0, 0.05) is 18.2 Å². The number of hydrogen-bond donors (Lipinski definition) is 3. The highest BCUT2D eigenvalue weighted by Crippen LogP contribution is 2.27. The number of nitrogens with one attached hydrogen (secondary N) is 1. The molecule has 3 unspecified atom stereocenters. The molecule has 1 saturated heterocycles. The molecule has 1 amide bonds. The number of benzene rings is 1. The first kappa shape index (κ1) is 17.3. The fraction of sp³-hybridized carbons (Fsp3) is 0.353. The molecule has 0 bridgehead atoms. The van der Waals surface area contributed by atoms with Gasteiger partial charge in [-0.1, -0.05) is 17.7 Å². The van der Waals surface area contributed by atoms with E-state index >= 15 is 0 Å². The summed E-state index contributed by atoms with van der Waals surface area (Å²) in [6.45, 7) is 1.59. The van der Waals surface area contributed by atoms with E-state index < -0.39 is 24.1 Å². The molecular weight excluding hydrogens is 326 g/mol. The quantitative estimate of drug-likeness (QED) is 0.741. The number of aliphatic hydroxyl groups excluding tert-OH is 2. The predicted molar refractivity (Wildman–Crippen MR) is 89.2 cm³/mol. The molecule has 3 N–H and O–H groups in total. The predicted octanol–water partition coefficient (Wildman–Crippen LogP) is 0.445. The maximum absolute atomic E-state index is 12.2. The van der Waals surface area contributed by atoms with E-state index in [1.165, 1.54) is 16.8 Å². The molecule has 3 rings (SSSR count). The average Bonchev–Trinajstić information content (AvgIpc) is 2.96. The van der Waals surface area contributed by atoms with Gasteiger partial charge in [0.15, 0.2) is 0 Å². The molecule has 8 nitrogen and oxygen atoms in total. The van der Waals surface area contributed by atoms with E-state index in [2.05, 4.69) is 10.3 Å². The topological polar surface area (TPSA) is 114 Å². The number of aliphatic hydroxyl groups is 2. The van der Waals surface area contributed by atoms with E-state index in [0.29, 0.717) is 5.56 Å². The minimum atomic E-state index is -0.845. The lowest BCUT2D eigenvalue weighted by molar-refractivity contribution is -0.0458. The van der Waals surface area contributed by atoms with Gasteiger partial charge in [0.1, 0.15) is 18.1 Å². The Bertz CT molecular complexity index is 818. The van der Waals surface area contributed by atoms with Gasteiger partial charge in [-0.05, 0) is 25.1 Å². The zero-order chi connectivity index (χ0) is 18.0. The van der Waals surface area contributed by atoms with E-state index in [1.54, 1.807) is 12.1 Å². The molecule has 1 aliphatic rings. The van der Waals surface area contributed by atoms with Crippen molar-refractivity contribution in [3.63, 3.8) is 0 Å². The van der Waals surface area contributed by atoms with Crippen LogP contribution in [-0.2, 0) is 4.74 Å². The maximum atomic E-state index is 12.2. The van der Waals surface area contributed by atoms with Gasteiger partial charge >= 0.3 is 5.69 Å². The second kappa shape index (κ2) is 7.14. The summed E-state index contributed by atoms with van der Waals surface area (Å²) in [5.41, 5.74) is 0.888. The Balaban J connectivity index is 1.73. The Morgan fingerprint density at radius 2 is 2.08 bits per heavy atom. The minimum Gasteiger partial charge on any atom is -0.394 e. The number of aryl methyl sites for hydroxylation is 1. The molecule has 0 aliphatic carbocycles. The smallest absolute Gasteiger partial charge is 0.351 e. The van der Waals surface area contributed by atoms with Crippen LogP contribution in [0.3, 0.4) is 0 Å². The van der Waals surface area contributed by atoms with Crippen molar-refractivity contribution in [2.45, 2.75) is 31.8 Å². The molecule has 1 aliphatic heterocycles. The number of ether oxygens (including phenoxy) is 1. The van der Waals surface area contributed by atoms with E-state index in [4.69, 9.17) is 9.84 Å². The van der Waals surface area contributed by atoms with Crippen molar-refractivity contribution >= 4 is 11.7 Å². The molecule has 0 saturated carbocycles. The van der Waals surface area contributed by atoms with Gasteiger partial charge in [-0.2, -0.15) is 4.98 Å². The molecule has 2 aromatic rings. The summed E-state index contributed by atoms with van der Waals surface area (Å²) in [4.78, 5) is 28.2. The molecular formula is C17H19N3O5. The van der Waals surface area contributed by atoms with Crippen LogP contribution < -0.4 is 11.0 Å². The summed E-state index contributed by atoms with van der Waals surface area (Å²) in [6, 6.07) is 8.50. The van der Waals surface area contributed by atoms with Crippen LogP contribution in [0.4, 0.5) is 5.82 Å². The fourth-order valence-corrected chi connectivity index (χ4v) is 2.65. The number of aromatic nitrogens is 2. The number of hydrogen-bond acceptors (Lipinski definition) is 6. The summed E-state index contributed by atoms with van der Waals surface area (Å²) in [6.07, 6.45) is -0.645. The highest BCUT2D eigenvalue weighted by atomic mass is 16.5. The second-order valence-corrected chi connectivity index (χ2v) is 5.94. The molecule has 8 heteroatoms. The molecule has 1 aromatic carbocycles. The monoisotopic (exact) mass is 345 g/mol. The van der Waals surface area contributed by atoms with Crippen LogP contribution in [0.1, 0.15) is 28.6 Å². The third-order valence-corrected chi connectivity index (χ3v) is 4.08. The molecule has 1 aromatic heterocycles. The van der Waals surface area contributed by atoms with Crippen molar-refractivity contribution < 1.29 is 19.7 Å². The van der Waals surface area contributed by atoms with Crippen LogP contribution in [0, 0.1) is 6.92 Å². The van der Waals surface area contributed by atoms with Crippen molar-refractivity contribution in [1.29, 1.82) is 0 Å². The SMILES string of the molecule is Cc1ccc(C(=O)Nc2ccn(C3CC(O)C(CO)O3)c(=O)n2)cc1. The lowest BCUT2D eigenvalue weighted by Gasteiger charge is -2.14. The molecule has 25 heavy (non-hydrogen) atoms. The summed E-state index contributed by atoms with van der Waals surface area (Å²) in [5, 5.41) is 21.4. The normalized spacial score (nSPS) is 22.8. The third-order valence-electron chi connectivity index (χ3n) is 4.08. The van der Waals surface area contributed by atoms with Crippen LogP contribution in [0.5, 0.6) is 0 Å². The van der Waals surface area contributed by atoms with Gasteiger partial charge in [-0.3, -0.25) is 9.36 Å². The standard InChI is InChI=1S/C17H19N3O5/c1-10-2-4-11(5-3-10)16(23)18-14-6-7-20(17(24)19-14)15-8-12(22)13(9-21)25-15/h2-7,12-13,15,21-22H,8-9H2,1H3,(H,18,19,23,24). The number of carbonyl (C=O) groups excluding carboxylic acids is 1. The second-order valence-electron chi connectivity index (χ2n) is 5.94. The first-order valence-corrected chi connectivity index (χ1v) is 7.89. The van der Waals surface area contributed by atoms with Gasteiger partial charge in [-0.25, -0.2) is 4.79 Å². The minimum absolute atomic E-state index is 0.129. The number of nitrogens with zero attached hydrogens (tertiary/aromatic N) is 2. The van der Waals surface area contributed by atoms with E-state index in [9.17, 15) is 14.7 Å². The van der Waals surface area contributed by atoms with E-state index in [-0.39, 0.29) is 24.8 Å². The average molecular weight is 345 g/mol. The molecule has 3 atom stereocenters. The van der Waals surface area contributed by atoms with Crippen molar-refractivity contribution in [3.8, 4) is 0 Å². The van der Waals surface area contributed by atoms with Gasteiger partial charge in [0.05, 0.1) is 12.7 Å². The van der Waals surface area contributed by atoms with Crippen LogP contribution in [-0.4, -0.2) is 44.5 Å². The Kier molecular flexibility index (Phi) is 4.93. The van der Waals surface area contributed by atoms with Gasteiger partial charge < -0.3 is 20.3 Å². The largest absolute Gasteiger partial charge is 0.394 e. The third kappa shape index (κ3) is 3.76. The van der Waals surface area contributed by atoms with Crippen molar-refractivity contribution in [2.24, 2.45) is 0 Å². The molecule has 0 spiro atoms. The summed E-state index contributed by atoms with van der Waals surface area (Å²) < 4.78 is 6.65. The van der Waals surface area contributed by atoms with Crippen LogP contribution in [0.25, 0.3) is 0 Å². The lowest BCUT2D eigenvalue weighted by Crippen LogP contribution is -2.28. The first-order chi connectivity index (χ1) is 12.0. The van der Waals surface area contributed by atoms with Gasteiger partial charge in [0.25, 0.3) is 5.91 Å². The fourth-order valence-electron chi connectivity index (χ4n) is 2.65. The Labute approximate surface area is 143 Å². The molecule has 1 fully saturated rings. The molecule has 2 heterocycles. The highest BCUT2D eigenvalue weighted by Gasteiger charge is 2.34. The number of anilines is 1. The van der Waals surface area contributed by atoms with Crippen LogP contribution in [0.2, 0.25) is 0 Å². The zero-order valence-electron chi connectivity index (χ0n) is 13.6. The molecule has 132 valence electrons. The summed E-state index contributed by atoms with van der Waals surface area (Å²) in [7, 11) is 0. The molecule has 0 radical (unpaired) electrons. The number of carbonyl (C=O) groups is 1. The van der Waals surface area contributed by atoms with Gasteiger partial charge in [0.2, 0.25) is 0 Å². The van der Waals surface area contributed by atoms with Crippen molar-refractivity contribution in [3.05, 3.63) is 58.1 Å². The Morgan fingerprint density at radius 3 is 2.68 bits per heavy atom.